The van der Waals surface area contributed by atoms with Gasteiger partial charge < -0.3 is 5.32 Å². The number of nitro groups is 1. The third kappa shape index (κ3) is 3.04. The molecule has 0 aliphatic heterocycles. The van der Waals surface area contributed by atoms with Crippen molar-refractivity contribution in [3.63, 3.8) is 0 Å². The topological polar surface area (TPSA) is 114 Å². The largest absolute Gasteiger partial charge is 0.344 e. The summed E-state index contributed by atoms with van der Waals surface area (Å²) in [4.78, 5) is 26.6. The lowest BCUT2D eigenvalue weighted by Gasteiger charge is -2.12. The van der Waals surface area contributed by atoms with Crippen molar-refractivity contribution in [1.29, 1.82) is 0 Å². The van der Waals surface area contributed by atoms with Gasteiger partial charge >= 0.3 is 5.69 Å². The Morgan fingerprint density at radius 3 is 2.71 bits per heavy atom. The van der Waals surface area contributed by atoms with Gasteiger partial charge in [-0.1, -0.05) is 6.92 Å². The van der Waals surface area contributed by atoms with Crippen LogP contribution in [0.25, 0.3) is 0 Å². The Hall–Kier alpha value is -2.77. The summed E-state index contributed by atoms with van der Waals surface area (Å²) in [6.07, 6.45) is 3.63. The maximum atomic E-state index is 12.2. The number of carbonyl (C=O) groups excluding carboxylic acids is 1. The third-order valence-electron chi connectivity index (χ3n) is 3.12. The molecule has 0 bridgehead atoms. The fourth-order valence-corrected chi connectivity index (χ4v) is 1.97. The van der Waals surface area contributed by atoms with E-state index in [4.69, 9.17) is 0 Å². The first-order valence-electron chi connectivity index (χ1n) is 6.47. The van der Waals surface area contributed by atoms with E-state index in [9.17, 15) is 14.9 Å². The van der Waals surface area contributed by atoms with Crippen LogP contribution < -0.4 is 5.32 Å². The Balaban J connectivity index is 2.21. The molecule has 0 spiro atoms. The van der Waals surface area contributed by atoms with Gasteiger partial charge in [-0.05, 0) is 31.0 Å². The van der Waals surface area contributed by atoms with Crippen molar-refractivity contribution in [1.82, 2.24) is 20.5 Å². The number of nitrogens with zero attached hydrogens (tertiary/aromatic N) is 3. The maximum absolute atomic E-state index is 12.2. The number of aromatic amines is 1. The molecular formula is C13H15N5O3. The predicted molar refractivity (Wildman–Crippen MR) is 74.7 cm³/mol. The van der Waals surface area contributed by atoms with Crippen LogP contribution in [-0.2, 0) is 6.42 Å². The molecule has 8 nitrogen and oxygen atoms in total. The zero-order valence-corrected chi connectivity index (χ0v) is 11.7. The summed E-state index contributed by atoms with van der Waals surface area (Å²) in [7, 11) is 0. The zero-order chi connectivity index (χ0) is 15.4. The van der Waals surface area contributed by atoms with Gasteiger partial charge in [0.1, 0.15) is 5.69 Å². The molecule has 2 N–H and O–H groups in total. The Bertz CT molecular complexity index is 653. The predicted octanol–water partition coefficient (Wildman–Crippen LogP) is 1.77. The minimum Gasteiger partial charge on any atom is -0.344 e. The van der Waals surface area contributed by atoms with E-state index in [1.54, 1.807) is 38.4 Å². The Kier molecular flexibility index (Phi) is 4.27. The van der Waals surface area contributed by atoms with Crippen LogP contribution in [0, 0.1) is 10.1 Å². The minimum absolute atomic E-state index is 0.197. The van der Waals surface area contributed by atoms with Gasteiger partial charge in [-0.2, -0.15) is 5.10 Å². The molecule has 2 heterocycles. The average molecular weight is 289 g/mol. The number of aryl methyl sites for hydroxylation is 1. The van der Waals surface area contributed by atoms with Gasteiger partial charge in [-0.25, -0.2) is 0 Å². The fourth-order valence-electron chi connectivity index (χ4n) is 1.97. The molecule has 0 saturated heterocycles. The number of pyridine rings is 1. The first kappa shape index (κ1) is 14.6. The van der Waals surface area contributed by atoms with Crippen LogP contribution in [0.4, 0.5) is 5.69 Å². The summed E-state index contributed by atoms with van der Waals surface area (Å²) in [5, 5.41) is 20.1. The average Bonchev–Trinajstić information content (AvgIpc) is 2.92. The highest BCUT2D eigenvalue weighted by molar-refractivity contribution is 5.96. The summed E-state index contributed by atoms with van der Waals surface area (Å²) in [6, 6.07) is 3.23. The first-order chi connectivity index (χ1) is 10.0. The molecule has 1 atom stereocenters. The molecule has 0 unspecified atom stereocenters. The van der Waals surface area contributed by atoms with Crippen molar-refractivity contribution in [2.45, 2.75) is 26.3 Å². The third-order valence-corrected chi connectivity index (χ3v) is 3.12. The lowest BCUT2D eigenvalue weighted by molar-refractivity contribution is -0.385. The summed E-state index contributed by atoms with van der Waals surface area (Å²) >= 11 is 0. The van der Waals surface area contributed by atoms with E-state index in [0.29, 0.717) is 12.1 Å². The van der Waals surface area contributed by atoms with Crippen LogP contribution in [0.1, 0.15) is 41.6 Å². The van der Waals surface area contributed by atoms with Gasteiger partial charge in [0.15, 0.2) is 0 Å². The highest BCUT2D eigenvalue weighted by Gasteiger charge is 2.28. The Morgan fingerprint density at radius 2 is 2.14 bits per heavy atom. The fraction of sp³-hybridized carbons (Fsp3) is 0.308. The van der Waals surface area contributed by atoms with Crippen LogP contribution in [-0.4, -0.2) is 26.0 Å². The smallest absolute Gasteiger partial charge is 0.322 e. The molecule has 2 aromatic heterocycles. The molecule has 0 aliphatic carbocycles. The van der Waals surface area contributed by atoms with Crippen LogP contribution in [0.15, 0.2) is 24.5 Å². The van der Waals surface area contributed by atoms with E-state index in [2.05, 4.69) is 20.5 Å². The van der Waals surface area contributed by atoms with Gasteiger partial charge in [-0.3, -0.25) is 25.0 Å². The monoisotopic (exact) mass is 289 g/mol. The lowest BCUT2D eigenvalue weighted by atomic mass is 10.1. The molecule has 0 radical (unpaired) electrons. The molecule has 0 aliphatic rings. The standard InChI is InChI=1S/C13H15N5O3/c1-3-10-12(18(20)21)11(17-16-10)13(19)15-8(2)9-4-6-14-7-5-9/h4-8H,3H2,1-2H3,(H,15,19)(H,16,17)/t8-/m0/s1. The van der Waals surface area contributed by atoms with Crippen molar-refractivity contribution < 1.29 is 9.72 Å². The molecule has 21 heavy (non-hydrogen) atoms. The molecule has 1 amide bonds. The Labute approximate surface area is 120 Å². The van der Waals surface area contributed by atoms with Gasteiger partial charge in [0, 0.05) is 12.4 Å². The van der Waals surface area contributed by atoms with Crippen molar-refractivity contribution in [2.75, 3.05) is 0 Å². The van der Waals surface area contributed by atoms with Gasteiger partial charge in [0.2, 0.25) is 5.69 Å². The Morgan fingerprint density at radius 1 is 1.48 bits per heavy atom. The summed E-state index contributed by atoms with van der Waals surface area (Å²) in [5.74, 6) is -0.582. The van der Waals surface area contributed by atoms with Crippen molar-refractivity contribution >= 4 is 11.6 Å². The van der Waals surface area contributed by atoms with E-state index >= 15 is 0 Å². The van der Waals surface area contributed by atoms with E-state index in [1.807, 2.05) is 0 Å². The van der Waals surface area contributed by atoms with Crippen LogP contribution >= 0.6 is 0 Å². The van der Waals surface area contributed by atoms with E-state index < -0.39 is 10.8 Å². The van der Waals surface area contributed by atoms with Gasteiger partial charge in [-0.15, -0.1) is 0 Å². The number of aromatic nitrogens is 3. The molecule has 0 saturated carbocycles. The number of hydrogen-bond donors (Lipinski definition) is 2. The molecule has 0 fully saturated rings. The number of carbonyl (C=O) groups is 1. The second kappa shape index (κ2) is 6.12. The number of rotatable bonds is 5. The van der Waals surface area contributed by atoms with Crippen molar-refractivity contribution in [2.24, 2.45) is 0 Å². The van der Waals surface area contributed by atoms with Crippen LogP contribution in [0.3, 0.4) is 0 Å². The minimum atomic E-state index is -0.589. The second-order valence-electron chi connectivity index (χ2n) is 4.49. The molecule has 2 rings (SSSR count). The molecule has 0 aromatic carbocycles. The van der Waals surface area contributed by atoms with Crippen molar-refractivity contribution in [3.8, 4) is 0 Å². The molecular weight excluding hydrogens is 274 g/mol. The van der Waals surface area contributed by atoms with Crippen molar-refractivity contribution in [3.05, 3.63) is 51.6 Å². The number of nitrogens with one attached hydrogen (secondary N) is 2. The van der Waals surface area contributed by atoms with E-state index in [0.717, 1.165) is 5.56 Å². The summed E-state index contributed by atoms with van der Waals surface area (Å²) in [5.41, 5.74) is 0.726. The maximum Gasteiger partial charge on any atom is 0.322 e. The summed E-state index contributed by atoms with van der Waals surface area (Å²) in [6.45, 7) is 3.54. The number of hydrogen-bond acceptors (Lipinski definition) is 5. The van der Waals surface area contributed by atoms with Crippen LogP contribution in [0.2, 0.25) is 0 Å². The first-order valence-corrected chi connectivity index (χ1v) is 6.47. The summed E-state index contributed by atoms with van der Waals surface area (Å²) < 4.78 is 0. The van der Waals surface area contributed by atoms with Gasteiger partial charge in [0.05, 0.1) is 11.0 Å². The number of amides is 1. The molecule has 8 heteroatoms. The van der Waals surface area contributed by atoms with Gasteiger partial charge in [0.25, 0.3) is 5.91 Å². The molecule has 110 valence electrons. The zero-order valence-electron chi connectivity index (χ0n) is 11.7. The lowest BCUT2D eigenvalue weighted by Crippen LogP contribution is -2.27. The normalized spacial score (nSPS) is 11.9. The SMILES string of the molecule is CCc1[nH]nc(C(=O)N[C@@H](C)c2ccncc2)c1[N+](=O)[O-]. The highest BCUT2D eigenvalue weighted by Crippen LogP contribution is 2.22. The van der Waals surface area contributed by atoms with Crippen LogP contribution in [0.5, 0.6) is 0 Å². The van der Waals surface area contributed by atoms with E-state index in [1.165, 1.54) is 0 Å². The van der Waals surface area contributed by atoms with E-state index in [-0.39, 0.29) is 17.4 Å². The second-order valence-corrected chi connectivity index (χ2v) is 4.49. The number of H-pyrrole nitrogens is 1. The quantitative estimate of drug-likeness (QED) is 0.643. The molecule has 2 aromatic rings. The highest BCUT2D eigenvalue weighted by atomic mass is 16.6.